The van der Waals surface area contributed by atoms with Gasteiger partial charge in [0.25, 0.3) is 5.89 Å². The molecule has 0 atom stereocenters. The average molecular weight is 415 g/mol. The van der Waals surface area contributed by atoms with E-state index in [1.165, 1.54) is 29.2 Å². The van der Waals surface area contributed by atoms with Crippen LogP contribution in [0, 0.1) is 17.5 Å². The molecule has 4 aromatic rings. The largest absolute Gasteiger partial charge is 0.403 e. The number of likely N-dealkylation sites (N-methyl/N-ethyl adjacent to an activating group) is 1. The summed E-state index contributed by atoms with van der Waals surface area (Å²) in [6, 6.07) is 7.34. The second kappa shape index (κ2) is 7.54. The number of hydrogen-bond donors (Lipinski definition) is 2. The highest BCUT2D eigenvalue weighted by Gasteiger charge is 2.23. The third-order valence-electron chi connectivity index (χ3n) is 4.49. The van der Waals surface area contributed by atoms with Crippen molar-refractivity contribution in [1.29, 1.82) is 0 Å². The standard InChI is InChI=1S/C20H16F3N5O2/c1-28(2)15(29)9-24-20-27-26-19(30-20)16-13-7-12(22)8-14(23)18(13)25-17(16)10-3-5-11(21)6-4-10/h3-8,25H,9H2,1-2H3,(H,24,27). The van der Waals surface area contributed by atoms with Gasteiger partial charge in [0.1, 0.15) is 17.5 Å². The molecule has 0 unspecified atom stereocenters. The molecule has 0 saturated carbocycles. The van der Waals surface area contributed by atoms with Crippen LogP contribution in [0.3, 0.4) is 0 Å². The van der Waals surface area contributed by atoms with Crippen LogP contribution in [0.1, 0.15) is 0 Å². The monoisotopic (exact) mass is 415 g/mol. The number of nitrogens with zero attached hydrogens (tertiary/aromatic N) is 3. The molecule has 2 heterocycles. The second-order valence-corrected chi connectivity index (χ2v) is 6.75. The number of amides is 1. The van der Waals surface area contributed by atoms with Crippen molar-refractivity contribution in [3.63, 3.8) is 0 Å². The van der Waals surface area contributed by atoms with Gasteiger partial charge in [-0.25, -0.2) is 13.2 Å². The van der Waals surface area contributed by atoms with Crippen molar-refractivity contribution >= 4 is 22.8 Å². The van der Waals surface area contributed by atoms with Crippen molar-refractivity contribution in [1.82, 2.24) is 20.1 Å². The van der Waals surface area contributed by atoms with Crippen molar-refractivity contribution < 1.29 is 22.4 Å². The SMILES string of the molecule is CN(C)C(=O)CNc1nnc(-c2c(-c3ccc(F)cc3)[nH]c3c(F)cc(F)cc23)o1. The van der Waals surface area contributed by atoms with Crippen LogP contribution in [0.25, 0.3) is 33.6 Å². The molecule has 0 radical (unpaired) electrons. The van der Waals surface area contributed by atoms with Crippen LogP contribution < -0.4 is 5.32 Å². The van der Waals surface area contributed by atoms with E-state index in [4.69, 9.17) is 4.42 Å². The maximum atomic E-state index is 14.4. The van der Waals surface area contributed by atoms with Crippen LogP contribution in [0.2, 0.25) is 0 Å². The van der Waals surface area contributed by atoms with Gasteiger partial charge in [0, 0.05) is 25.5 Å². The Kier molecular flexibility index (Phi) is 4.90. The van der Waals surface area contributed by atoms with E-state index in [2.05, 4.69) is 20.5 Å². The minimum atomic E-state index is -0.797. The van der Waals surface area contributed by atoms with Crippen LogP contribution in [-0.2, 0) is 4.79 Å². The molecule has 30 heavy (non-hydrogen) atoms. The van der Waals surface area contributed by atoms with Crippen molar-refractivity contribution in [3.8, 4) is 22.7 Å². The molecule has 4 rings (SSSR count). The van der Waals surface area contributed by atoms with Crippen LogP contribution in [0.4, 0.5) is 19.2 Å². The first-order chi connectivity index (χ1) is 14.3. The van der Waals surface area contributed by atoms with E-state index in [1.54, 1.807) is 14.1 Å². The molecule has 0 aliphatic rings. The Morgan fingerprint density at radius 1 is 1.10 bits per heavy atom. The molecule has 0 aliphatic heterocycles. The van der Waals surface area contributed by atoms with E-state index in [9.17, 15) is 18.0 Å². The summed E-state index contributed by atoms with van der Waals surface area (Å²) in [5, 5.41) is 10.7. The molecular weight excluding hydrogens is 399 g/mol. The van der Waals surface area contributed by atoms with Crippen molar-refractivity contribution in [2.24, 2.45) is 0 Å². The van der Waals surface area contributed by atoms with Gasteiger partial charge in [-0.05, 0) is 35.9 Å². The number of nitrogens with one attached hydrogen (secondary N) is 2. The first-order valence-corrected chi connectivity index (χ1v) is 8.88. The Morgan fingerprint density at radius 3 is 2.53 bits per heavy atom. The van der Waals surface area contributed by atoms with E-state index < -0.39 is 17.5 Å². The average Bonchev–Trinajstić information content (AvgIpc) is 3.31. The molecule has 7 nitrogen and oxygen atoms in total. The molecule has 10 heteroatoms. The Labute approximate surface area is 168 Å². The number of aromatic amines is 1. The fourth-order valence-electron chi connectivity index (χ4n) is 2.98. The first-order valence-electron chi connectivity index (χ1n) is 8.88. The predicted molar refractivity (Wildman–Crippen MR) is 104 cm³/mol. The third-order valence-corrected chi connectivity index (χ3v) is 4.49. The van der Waals surface area contributed by atoms with E-state index >= 15 is 0 Å². The molecule has 2 aromatic carbocycles. The highest BCUT2D eigenvalue weighted by molar-refractivity contribution is 6.02. The van der Waals surface area contributed by atoms with Gasteiger partial charge in [-0.2, -0.15) is 0 Å². The fourth-order valence-corrected chi connectivity index (χ4v) is 2.98. The third kappa shape index (κ3) is 3.59. The summed E-state index contributed by atoms with van der Waals surface area (Å²) in [7, 11) is 3.21. The van der Waals surface area contributed by atoms with Gasteiger partial charge in [-0.3, -0.25) is 4.79 Å². The Bertz CT molecular complexity index is 1230. The summed E-state index contributed by atoms with van der Waals surface area (Å²) in [5.74, 6) is -2.25. The molecule has 2 N–H and O–H groups in total. The molecule has 154 valence electrons. The molecule has 0 aliphatic carbocycles. The number of anilines is 1. The van der Waals surface area contributed by atoms with E-state index in [0.717, 1.165) is 12.1 Å². The predicted octanol–water partition coefficient (Wildman–Crippen LogP) is 3.80. The van der Waals surface area contributed by atoms with Crippen LogP contribution >= 0.6 is 0 Å². The maximum Gasteiger partial charge on any atom is 0.316 e. The number of aromatic nitrogens is 3. The zero-order chi connectivity index (χ0) is 21.4. The number of halogens is 3. The van der Waals surface area contributed by atoms with E-state index in [1.807, 2.05) is 0 Å². The van der Waals surface area contributed by atoms with E-state index in [0.29, 0.717) is 11.3 Å². The lowest BCUT2D eigenvalue weighted by Crippen LogP contribution is -2.28. The first kappa shape index (κ1) is 19.5. The van der Waals surface area contributed by atoms with Gasteiger partial charge >= 0.3 is 6.01 Å². The van der Waals surface area contributed by atoms with Crippen LogP contribution in [0.15, 0.2) is 40.8 Å². The van der Waals surface area contributed by atoms with Gasteiger partial charge < -0.3 is 19.6 Å². The van der Waals surface area contributed by atoms with E-state index in [-0.39, 0.29) is 40.8 Å². The molecule has 1 amide bonds. The molecule has 0 fully saturated rings. The zero-order valence-electron chi connectivity index (χ0n) is 16.0. The summed E-state index contributed by atoms with van der Waals surface area (Å²) in [6.45, 7) is -0.0728. The lowest BCUT2D eigenvalue weighted by atomic mass is 10.0. The Morgan fingerprint density at radius 2 is 1.83 bits per heavy atom. The smallest absolute Gasteiger partial charge is 0.316 e. The minimum absolute atomic E-state index is 0.0228. The summed E-state index contributed by atoms with van der Waals surface area (Å²) < 4.78 is 47.2. The number of carbonyl (C=O) groups excluding carboxylic acids is 1. The number of carbonyl (C=O) groups is 1. The Balaban J connectivity index is 1.82. The lowest BCUT2D eigenvalue weighted by Gasteiger charge is -2.09. The van der Waals surface area contributed by atoms with Gasteiger partial charge in [0.15, 0.2) is 0 Å². The Hall–Kier alpha value is -3.82. The van der Waals surface area contributed by atoms with Crippen LogP contribution in [-0.4, -0.2) is 46.6 Å². The molecule has 0 bridgehead atoms. The normalized spacial score (nSPS) is 11.1. The van der Waals surface area contributed by atoms with Crippen LogP contribution in [0.5, 0.6) is 0 Å². The summed E-state index contributed by atoms with van der Waals surface area (Å²) in [4.78, 5) is 16.0. The van der Waals surface area contributed by atoms with Crippen molar-refractivity contribution in [2.75, 3.05) is 26.0 Å². The van der Waals surface area contributed by atoms with Gasteiger partial charge in [-0.1, -0.05) is 5.10 Å². The highest BCUT2D eigenvalue weighted by atomic mass is 19.1. The fraction of sp³-hybridized carbons (Fsp3) is 0.150. The quantitative estimate of drug-likeness (QED) is 0.518. The number of benzene rings is 2. The highest BCUT2D eigenvalue weighted by Crippen LogP contribution is 2.39. The molecule has 2 aromatic heterocycles. The topological polar surface area (TPSA) is 87.0 Å². The number of fused-ring (bicyclic) bond motifs is 1. The molecule has 0 spiro atoms. The van der Waals surface area contributed by atoms with Gasteiger partial charge in [0.2, 0.25) is 5.91 Å². The van der Waals surface area contributed by atoms with Gasteiger partial charge in [0.05, 0.1) is 23.3 Å². The van der Waals surface area contributed by atoms with Gasteiger partial charge in [-0.15, -0.1) is 5.10 Å². The number of H-pyrrole nitrogens is 1. The molecular formula is C20H16F3N5O2. The number of hydrogen-bond acceptors (Lipinski definition) is 5. The summed E-state index contributed by atoms with van der Waals surface area (Å²) in [6.07, 6.45) is 0. The zero-order valence-corrected chi connectivity index (χ0v) is 16.0. The second-order valence-electron chi connectivity index (χ2n) is 6.75. The van der Waals surface area contributed by atoms with Crippen molar-refractivity contribution in [2.45, 2.75) is 0 Å². The summed E-state index contributed by atoms with van der Waals surface area (Å²) in [5.41, 5.74) is 1.17. The lowest BCUT2D eigenvalue weighted by molar-refractivity contribution is -0.126. The molecule has 0 saturated heterocycles. The number of rotatable bonds is 5. The van der Waals surface area contributed by atoms with Crippen molar-refractivity contribution in [3.05, 3.63) is 53.8 Å². The summed E-state index contributed by atoms with van der Waals surface area (Å²) >= 11 is 0. The minimum Gasteiger partial charge on any atom is -0.403 e. The maximum absolute atomic E-state index is 14.4.